The standard InChI is InChI=1S/C17H11Br2NO7/c1-2-8-9(10-13(22)14(23)15(24)16(25)17(10)27-8)12(21)5-3-6(18)11(20-26)7(19)4-5/h3-4,22-25H,2H2,1H3. The fourth-order valence-electron chi connectivity index (χ4n) is 2.74. The molecule has 0 amide bonds. The first kappa shape index (κ1) is 19.2. The van der Waals surface area contributed by atoms with Crippen LogP contribution in [0.1, 0.15) is 28.6 Å². The first-order chi connectivity index (χ1) is 12.7. The number of phenolic OH excluding ortho intramolecular Hbond substituents is 4. The van der Waals surface area contributed by atoms with Crippen molar-refractivity contribution in [2.45, 2.75) is 13.3 Å². The minimum atomic E-state index is -0.972. The topological polar surface area (TPSA) is 141 Å². The van der Waals surface area contributed by atoms with Crippen molar-refractivity contribution >= 4 is 54.3 Å². The molecule has 1 heterocycles. The van der Waals surface area contributed by atoms with E-state index in [0.717, 1.165) is 0 Å². The lowest BCUT2D eigenvalue weighted by atomic mass is 9.98. The number of halogens is 2. The highest BCUT2D eigenvalue weighted by Gasteiger charge is 2.30. The van der Waals surface area contributed by atoms with E-state index >= 15 is 0 Å². The van der Waals surface area contributed by atoms with Gasteiger partial charge in [0.2, 0.25) is 17.2 Å². The van der Waals surface area contributed by atoms with E-state index in [9.17, 15) is 30.1 Å². The van der Waals surface area contributed by atoms with E-state index in [1.165, 1.54) is 12.1 Å². The van der Waals surface area contributed by atoms with E-state index in [4.69, 9.17) is 4.42 Å². The monoisotopic (exact) mass is 499 g/mol. The number of carbonyl (C=O) groups is 1. The minimum Gasteiger partial charge on any atom is -0.504 e. The molecule has 2 aromatic carbocycles. The smallest absolute Gasteiger partial charge is 0.208 e. The molecule has 0 spiro atoms. The fourth-order valence-corrected chi connectivity index (χ4v) is 4.07. The Morgan fingerprint density at radius 2 is 1.59 bits per heavy atom. The van der Waals surface area contributed by atoms with E-state index < -0.39 is 28.8 Å². The SMILES string of the molecule is CCc1oc2c(O)c(O)c(O)c(O)c2c1C(=O)c1cc(Br)c(N=O)c(Br)c1. The van der Waals surface area contributed by atoms with Crippen LogP contribution in [-0.2, 0) is 6.42 Å². The number of furan rings is 1. The van der Waals surface area contributed by atoms with E-state index in [1.54, 1.807) is 6.92 Å². The molecular weight excluding hydrogens is 490 g/mol. The van der Waals surface area contributed by atoms with Crippen molar-refractivity contribution < 1.29 is 29.6 Å². The Kier molecular flexibility index (Phi) is 4.87. The van der Waals surface area contributed by atoms with Gasteiger partial charge in [0, 0.05) is 20.9 Å². The van der Waals surface area contributed by atoms with Gasteiger partial charge in [-0.3, -0.25) is 4.79 Å². The number of aryl methyl sites for hydroxylation is 1. The van der Waals surface area contributed by atoms with Crippen LogP contribution in [0, 0.1) is 4.91 Å². The van der Waals surface area contributed by atoms with Gasteiger partial charge in [-0.25, -0.2) is 0 Å². The maximum atomic E-state index is 13.1. The number of aromatic hydroxyl groups is 4. The molecular formula is C17H11Br2NO7. The number of benzene rings is 2. The van der Waals surface area contributed by atoms with Gasteiger partial charge in [0.05, 0.1) is 10.9 Å². The Hall–Kier alpha value is -2.59. The van der Waals surface area contributed by atoms with Crippen molar-refractivity contribution in [1.29, 1.82) is 0 Å². The summed E-state index contributed by atoms with van der Waals surface area (Å²) in [5, 5.41) is 42.4. The zero-order chi connectivity index (χ0) is 20.0. The molecule has 140 valence electrons. The van der Waals surface area contributed by atoms with Gasteiger partial charge < -0.3 is 24.8 Å². The highest BCUT2D eigenvalue weighted by Crippen LogP contribution is 2.51. The Balaban J connectivity index is 2.34. The molecule has 4 N–H and O–H groups in total. The third-order valence-corrected chi connectivity index (χ3v) is 5.23. The van der Waals surface area contributed by atoms with Crippen LogP contribution in [-0.4, -0.2) is 26.2 Å². The Morgan fingerprint density at radius 3 is 2.11 bits per heavy atom. The molecule has 0 saturated carbocycles. The third-order valence-electron chi connectivity index (χ3n) is 4.02. The predicted molar refractivity (Wildman–Crippen MR) is 103 cm³/mol. The average molecular weight is 501 g/mol. The summed E-state index contributed by atoms with van der Waals surface area (Å²) < 4.78 is 5.99. The fraction of sp³-hybridized carbons (Fsp3) is 0.118. The van der Waals surface area contributed by atoms with Gasteiger partial charge >= 0.3 is 0 Å². The number of rotatable bonds is 4. The van der Waals surface area contributed by atoms with Crippen LogP contribution in [0.25, 0.3) is 11.0 Å². The first-order valence-electron chi connectivity index (χ1n) is 7.51. The molecule has 10 heteroatoms. The number of hydrogen-bond donors (Lipinski definition) is 4. The second kappa shape index (κ2) is 6.86. The van der Waals surface area contributed by atoms with Crippen molar-refractivity contribution in [3.05, 3.63) is 42.9 Å². The van der Waals surface area contributed by atoms with Crippen molar-refractivity contribution in [3.8, 4) is 23.0 Å². The number of carbonyl (C=O) groups excluding carboxylic acids is 1. The van der Waals surface area contributed by atoms with Gasteiger partial charge in [0.1, 0.15) is 11.4 Å². The summed E-state index contributed by atoms with van der Waals surface area (Å²) in [7, 11) is 0. The molecule has 1 aromatic heterocycles. The van der Waals surface area contributed by atoms with Gasteiger partial charge in [0.15, 0.2) is 17.1 Å². The summed E-state index contributed by atoms with van der Waals surface area (Å²) in [6.45, 7) is 1.69. The number of hydrogen-bond acceptors (Lipinski definition) is 8. The van der Waals surface area contributed by atoms with Crippen LogP contribution in [0.4, 0.5) is 5.69 Å². The zero-order valence-corrected chi connectivity index (χ0v) is 16.8. The van der Waals surface area contributed by atoms with E-state index in [-0.39, 0.29) is 48.9 Å². The lowest BCUT2D eigenvalue weighted by Crippen LogP contribution is -2.04. The summed E-state index contributed by atoms with van der Waals surface area (Å²) in [5.74, 6) is -3.98. The van der Waals surface area contributed by atoms with Crippen LogP contribution >= 0.6 is 31.9 Å². The van der Waals surface area contributed by atoms with Gasteiger partial charge in [-0.05, 0) is 49.2 Å². The van der Waals surface area contributed by atoms with Crippen molar-refractivity contribution in [3.63, 3.8) is 0 Å². The summed E-state index contributed by atoms with van der Waals surface area (Å²) in [5.41, 5.74) is -0.207. The lowest BCUT2D eigenvalue weighted by Gasteiger charge is -2.07. The summed E-state index contributed by atoms with van der Waals surface area (Å²) in [4.78, 5) is 24.0. The average Bonchev–Trinajstić information content (AvgIpc) is 3.03. The number of phenols is 4. The molecule has 0 aliphatic heterocycles. The van der Waals surface area contributed by atoms with E-state index in [0.29, 0.717) is 0 Å². The molecule has 27 heavy (non-hydrogen) atoms. The molecule has 0 aliphatic rings. The molecule has 0 unspecified atom stereocenters. The van der Waals surface area contributed by atoms with Crippen LogP contribution in [0.3, 0.4) is 0 Å². The molecule has 0 saturated heterocycles. The Bertz CT molecular complexity index is 1100. The Labute approximate surface area is 168 Å². The number of fused-ring (bicyclic) bond motifs is 1. The largest absolute Gasteiger partial charge is 0.504 e. The van der Waals surface area contributed by atoms with Crippen LogP contribution in [0.2, 0.25) is 0 Å². The van der Waals surface area contributed by atoms with Gasteiger partial charge in [-0.1, -0.05) is 6.92 Å². The van der Waals surface area contributed by atoms with Crippen LogP contribution in [0.5, 0.6) is 23.0 Å². The van der Waals surface area contributed by atoms with Crippen molar-refractivity contribution in [1.82, 2.24) is 0 Å². The quantitative estimate of drug-likeness (QED) is 0.171. The molecule has 0 fully saturated rings. The zero-order valence-electron chi connectivity index (χ0n) is 13.6. The maximum absolute atomic E-state index is 13.1. The van der Waals surface area contributed by atoms with Crippen molar-refractivity contribution in [2.75, 3.05) is 0 Å². The van der Waals surface area contributed by atoms with Crippen LogP contribution < -0.4 is 0 Å². The molecule has 0 bridgehead atoms. The normalized spacial score (nSPS) is 11.1. The predicted octanol–water partition coefficient (Wildman–Crippen LogP) is 4.97. The van der Waals surface area contributed by atoms with E-state index in [1.807, 2.05) is 0 Å². The van der Waals surface area contributed by atoms with Gasteiger partial charge in [0.25, 0.3) is 0 Å². The lowest BCUT2D eigenvalue weighted by molar-refractivity contribution is 0.103. The molecule has 3 rings (SSSR count). The highest BCUT2D eigenvalue weighted by molar-refractivity contribution is 9.11. The molecule has 0 radical (unpaired) electrons. The summed E-state index contributed by atoms with van der Waals surface area (Å²) in [6, 6.07) is 2.75. The summed E-state index contributed by atoms with van der Waals surface area (Å²) in [6.07, 6.45) is 0.229. The number of ketones is 1. The summed E-state index contributed by atoms with van der Waals surface area (Å²) >= 11 is 6.32. The number of nitrogens with zero attached hydrogens (tertiary/aromatic N) is 1. The third kappa shape index (κ3) is 2.85. The highest BCUT2D eigenvalue weighted by atomic mass is 79.9. The molecule has 3 aromatic rings. The first-order valence-corrected chi connectivity index (χ1v) is 9.09. The number of nitroso groups, excluding NO2 is 1. The molecule has 8 nitrogen and oxygen atoms in total. The van der Waals surface area contributed by atoms with Crippen molar-refractivity contribution in [2.24, 2.45) is 5.18 Å². The maximum Gasteiger partial charge on any atom is 0.208 e. The molecule has 0 aliphatic carbocycles. The van der Waals surface area contributed by atoms with Crippen LogP contribution in [0.15, 0.2) is 30.7 Å². The van der Waals surface area contributed by atoms with Gasteiger partial charge in [-0.15, -0.1) is 4.91 Å². The second-order valence-corrected chi connectivity index (χ2v) is 7.27. The van der Waals surface area contributed by atoms with E-state index in [2.05, 4.69) is 37.0 Å². The Morgan fingerprint density at radius 1 is 1.04 bits per heavy atom. The second-order valence-electron chi connectivity index (χ2n) is 5.56. The minimum absolute atomic E-state index is 0.0716. The molecule has 0 atom stereocenters. The van der Waals surface area contributed by atoms with Gasteiger partial charge in [-0.2, -0.15) is 0 Å².